The Hall–Kier alpha value is -0.300. The van der Waals surface area contributed by atoms with Gasteiger partial charge < -0.3 is 5.11 Å². The van der Waals surface area contributed by atoms with Gasteiger partial charge in [0.25, 0.3) is 0 Å². The van der Waals surface area contributed by atoms with Gasteiger partial charge in [-0.05, 0) is 103 Å². The molecule has 0 amide bonds. The standard InChI is InChI=1S/C30H50O/c1-19(2)20-10-13-24-28(20,6)16-17-29(7)21-11-12-23-26(3,4)14-9-15-27(23,5)22(21)18-25(31)30(24,29)8/h18-21,23-25,31H,9-17H2,1-8H3. The quantitative estimate of drug-likeness (QED) is 0.421. The lowest BCUT2D eigenvalue weighted by atomic mass is 9.35. The Morgan fingerprint density at radius 3 is 2.19 bits per heavy atom. The molecule has 4 fully saturated rings. The summed E-state index contributed by atoms with van der Waals surface area (Å²) < 4.78 is 0. The van der Waals surface area contributed by atoms with Crippen molar-refractivity contribution in [3.8, 4) is 0 Å². The SMILES string of the molecule is CC(C)C1CCC2C1(C)CCC1(C)C3CCC4C(C)(C)CCCC4(C)C3=CC(O)C21C. The molecule has 0 heterocycles. The zero-order valence-electron chi connectivity index (χ0n) is 21.9. The monoisotopic (exact) mass is 426 g/mol. The Labute approximate surface area is 192 Å². The first-order valence-electron chi connectivity index (χ1n) is 13.7. The summed E-state index contributed by atoms with van der Waals surface area (Å²) in [7, 11) is 0. The minimum absolute atomic E-state index is 0.0190. The number of hydrogen-bond acceptors (Lipinski definition) is 1. The number of hydrogen-bond donors (Lipinski definition) is 1. The molecule has 0 spiro atoms. The zero-order chi connectivity index (χ0) is 22.6. The highest BCUT2D eigenvalue weighted by molar-refractivity contribution is 5.35. The molecule has 0 aliphatic heterocycles. The van der Waals surface area contributed by atoms with Gasteiger partial charge in [-0.1, -0.05) is 73.5 Å². The van der Waals surface area contributed by atoms with Crippen molar-refractivity contribution in [2.24, 2.45) is 56.7 Å². The second kappa shape index (κ2) is 6.64. The molecule has 9 atom stereocenters. The van der Waals surface area contributed by atoms with Gasteiger partial charge in [0.1, 0.15) is 0 Å². The molecule has 176 valence electrons. The Morgan fingerprint density at radius 1 is 0.839 bits per heavy atom. The fraction of sp³-hybridized carbons (Fsp3) is 0.933. The average molecular weight is 427 g/mol. The van der Waals surface area contributed by atoms with E-state index in [1.165, 1.54) is 57.8 Å². The van der Waals surface area contributed by atoms with E-state index in [0.717, 1.165) is 17.8 Å². The highest BCUT2D eigenvalue weighted by Crippen LogP contribution is 2.76. The second-order valence-electron chi connectivity index (χ2n) is 14.7. The number of fused-ring (bicyclic) bond motifs is 7. The van der Waals surface area contributed by atoms with E-state index in [9.17, 15) is 5.11 Å². The highest BCUT2D eigenvalue weighted by Gasteiger charge is 2.70. The third-order valence-electron chi connectivity index (χ3n) is 13.1. The summed E-state index contributed by atoms with van der Waals surface area (Å²) in [6.07, 6.45) is 14.4. The predicted molar refractivity (Wildman–Crippen MR) is 131 cm³/mol. The third-order valence-corrected chi connectivity index (χ3v) is 13.1. The molecule has 5 aliphatic carbocycles. The molecule has 1 nitrogen and oxygen atoms in total. The summed E-state index contributed by atoms with van der Waals surface area (Å²) in [5.41, 5.74) is 3.08. The molecule has 0 aromatic heterocycles. The molecule has 9 unspecified atom stereocenters. The van der Waals surface area contributed by atoms with Gasteiger partial charge in [-0.25, -0.2) is 0 Å². The maximum atomic E-state index is 12.0. The number of rotatable bonds is 1. The van der Waals surface area contributed by atoms with Crippen molar-refractivity contribution < 1.29 is 5.11 Å². The van der Waals surface area contributed by atoms with Crippen LogP contribution < -0.4 is 0 Å². The van der Waals surface area contributed by atoms with Gasteiger partial charge >= 0.3 is 0 Å². The number of allylic oxidation sites excluding steroid dienone is 1. The van der Waals surface area contributed by atoms with Gasteiger partial charge in [0, 0.05) is 5.41 Å². The highest BCUT2D eigenvalue weighted by atomic mass is 16.3. The Balaban J connectivity index is 1.60. The fourth-order valence-corrected chi connectivity index (χ4v) is 11.4. The molecule has 5 rings (SSSR count). The lowest BCUT2D eigenvalue weighted by Gasteiger charge is -2.70. The lowest BCUT2D eigenvalue weighted by Crippen LogP contribution is -2.65. The van der Waals surface area contributed by atoms with Crippen molar-refractivity contribution >= 4 is 0 Å². The van der Waals surface area contributed by atoms with Gasteiger partial charge in [-0.2, -0.15) is 0 Å². The maximum absolute atomic E-state index is 12.0. The van der Waals surface area contributed by atoms with E-state index in [1.54, 1.807) is 5.57 Å². The van der Waals surface area contributed by atoms with Crippen molar-refractivity contribution in [3.63, 3.8) is 0 Å². The van der Waals surface area contributed by atoms with Crippen LogP contribution in [0.3, 0.4) is 0 Å². The van der Waals surface area contributed by atoms with E-state index in [-0.39, 0.29) is 16.9 Å². The molecule has 0 saturated heterocycles. The second-order valence-corrected chi connectivity index (χ2v) is 14.7. The minimum atomic E-state index is -0.278. The van der Waals surface area contributed by atoms with Crippen LogP contribution in [0.5, 0.6) is 0 Å². The van der Waals surface area contributed by atoms with Crippen LogP contribution in [0.15, 0.2) is 11.6 Å². The van der Waals surface area contributed by atoms with Crippen LogP contribution in [-0.4, -0.2) is 11.2 Å². The smallest absolute Gasteiger partial charge is 0.0785 e. The van der Waals surface area contributed by atoms with Crippen LogP contribution in [0, 0.1) is 56.7 Å². The van der Waals surface area contributed by atoms with E-state index in [4.69, 9.17) is 0 Å². The number of aliphatic hydroxyl groups is 1. The first-order valence-corrected chi connectivity index (χ1v) is 13.7. The van der Waals surface area contributed by atoms with Gasteiger partial charge in [0.2, 0.25) is 0 Å². The van der Waals surface area contributed by atoms with Crippen LogP contribution in [-0.2, 0) is 0 Å². The van der Waals surface area contributed by atoms with E-state index in [1.807, 2.05) is 0 Å². The third kappa shape index (κ3) is 2.60. The van der Waals surface area contributed by atoms with Gasteiger partial charge in [0.15, 0.2) is 0 Å². The van der Waals surface area contributed by atoms with Crippen LogP contribution in [0.4, 0.5) is 0 Å². The van der Waals surface area contributed by atoms with Crippen LogP contribution >= 0.6 is 0 Å². The predicted octanol–water partition coefficient (Wildman–Crippen LogP) is 8.02. The molecule has 0 aromatic rings. The molecule has 0 aromatic carbocycles. The first-order chi connectivity index (χ1) is 14.3. The van der Waals surface area contributed by atoms with Crippen LogP contribution in [0.2, 0.25) is 0 Å². The normalized spacial score (nSPS) is 55.7. The topological polar surface area (TPSA) is 20.2 Å². The molecule has 0 bridgehead atoms. The number of aliphatic hydroxyl groups excluding tert-OH is 1. The van der Waals surface area contributed by atoms with Crippen molar-refractivity contribution in [1.29, 1.82) is 0 Å². The molecule has 31 heavy (non-hydrogen) atoms. The van der Waals surface area contributed by atoms with Crippen LogP contribution in [0.1, 0.15) is 113 Å². The minimum Gasteiger partial charge on any atom is -0.388 e. The molecule has 1 N–H and O–H groups in total. The maximum Gasteiger partial charge on any atom is 0.0785 e. The largest absolute Gasteiger partial charge is 0.388 e. The zero-order valence-corrected chi connectivity index (χ0v) is 21.9. The van der Waals surface area contributed by atoms with Crippen molar-refractivity contribution in [1.82, 2.24) is 0 Å². The first kappa shape index (κ1) is 22.5. The Kier molecular flexibility index (Phi) is 4.82. The van der Waals surface area contributed by atoms with Gasteiger partial charge in [-0.3, -0.25) is 0 Å². The molecule has 0 radical (unpaired) electrons. The van der Waals surface area contributed by atoms with Crippen molar-refractivity contribution in [2.45, 2.75) is 119 Å². The Morgan fingerprint density at radius 2 is 1.52 bits per heavy atom. The van der Waals surface area contributed by atoms with Crippen molar-refractivity contribution in [2.75, 3.05) is 0 Å². The summed E-state index contributed by atoms with van der Waals surface area (Å²) in [6.45, 7) is 20.3. The van der Waals surface area contributed by atoms with Gasteiger partial charge in [-0.15, -0.1) is 0 Å². The summed E-state index contributed by atoms with van der Waals surface area (Å²) in [6, 6.07) is 0. The fourth-order valence-electron chi connectivity index (χ4n) is 11.4. The summed E-state index contributed by atoms with van der Waals surface area (Å²) >= 11 is 0. The van der Waals surface area contributed by atoms with E-state index < -0.39 is 0 Å². The summed E-state index contributed by atoms with van der Waals surface area (Å²) in [5.74, 6) is 3.70. The molecular weight excluding hydrogens is 376 g/mol. The van der Waals surface area contributed by atoms with Gasteiger partial charge in [0.05, 0.1) is 6.10 Å². The molecular formula is C30H50O. The summed E-state index contributed by atoms with van der Waals surface area (Å²) in [5, 5.41) is 12.0. The molecule has 5 aliphatic rings. The molecule has 1 heteroatoms. The lowest BCUT2D eigenvalue weighted by molar-refractivity contribution is -0.196. The van der Waals surface area contributed by atoms with E-state index in [2.05, 4.69) is 61.5 Å². The summed E-state index contributed by atoms with van der Waals surface area (Å²) in [4.78, 5) is 0. The molecule has 4 saturated carbocycles. The van der Waals surface area contributed by atoms with Crippen LogP contribution in [0.25, 0.3) is 0 Å². The van der Waals surface area contributed by atoms with E-state index in [0.29, 0.717) is 28.1 Å². The Bertz CT molecular complexity index is 777. The van der Waals surface area contributed by atoms with Crippen molar-refractivity contribution in [3.05, 3.63) is 11.6 Å². The average Bonchev–Trinajstić information content (AvgIpc) is 3.03. The van der Waals surface area contributed by atoms with E-state index >= 15 is 0 Å².